The Kier molecular flexibility index (Phi) is 34.5. The number of rotatable bonds is 33. The predicted molar refractivity (Wildman–Crippen MR) is 485 cm³/mol. The highest BCUT2D eigenvalue weighted by Gasteiger charge is 2.59. The molecule has 690 valence electrons. The van der Waals surface area contributed by atoms with Crippen molar-refractivity contribution in [3.8, 4) is 0 Å². The van der Waals surface area contributed by atoms with E-state index >= 15 is 0 Å². The van der Waals surface area contributed by atoms with Gasteiger partial charge in [-0.3, -0.25) is 0 Å². The maximum atomic E-state index is 7.86. The van der Waals surface area contributed by atoms with Gasteiger partial charge in [-0.15, -0.1) is 0 Å². The van der Waals surface area contributed by atoms with Crippen LogP contribution in [0.1, 0.15) is 132 Å². The quantitative estimate of drug-likeness (QED) is 0.0376. The Bertz CT molecular complexity index is 4660. The lowest BCUT2D eigenvalue weighted by Crippen LogP contribution is -2.66. The molecule has 0 aliphatic carbocycles. The highest BCUT2D eigenvalue weighted by molar-refractivity contribution is 5.21. The van der Waals surface area contributed by atoms with Gasteiger partial charge in [0.05, 0.1) is 128 Å². The van der Waals surface area contributed by atoms with Crippen LogP contribution in [0.25, 0.3) is 0 Å². The highest BCUT2D eigenvalue weighted by atomic mass is 16.8. The molecule has 19 saturated heterocycles. The number of hydrogen-bond donors (Lipinski definition) is 0. The Morgan fingerprint density at radius 3 is 0.713 bits per heavy atom. The fourth-order valence-electron chi connectivity index (χ4n) is 19.2. The van der Waals surface area contributed by atoms with Crippen LogP contribution >= 0.6 is 0 Å². The summed E-state index contributed by atoms with van der Waals surface area (Å²) in [7, 11) is 0. The monoisotopic (exact) mass is 1760 g/mol. The molecule has 30 unspecified atom stereocenters. The van der Waals surface area contributed by atoms with Gasteiger partial charge in [0.2, 0.25) is 0 Å². The van der Waals surface area contributed by atoms with Gasteiger partial charge in [0.25, 0.3) is 0 Å². The molecule has 21 heteroatoms. The van der Waals surface area contributed by atoms with Crippen molar-refractivity contribution in [1.82, 2.24) is 0 Å². The molecule has 9 aromatic carbocycles. The van der Waals surface area contributed by atoms with E-state index in [4.69, 9.17) is 99.5 Å². The molecule has 0 saturated carbocycles. The third kappa shape index (κ3) is 24.4. The van der Waals surface area contributed by atoms with Gasteiger partial charge >= 0.3 is 0 Å². The van der Waals surface area contributed by atoms with Gasteiger partial charge in [-0.1, -0.05) is 335 Å². The van der Waals surface area contributed by atoms with E-state index in [1.165, 1.54) is 0 Å². The van der Waals surface area contributed by atoms with Gasteiger partial charge in [-0.25, -0.2) is 0 Å². The largest absolute Gasteiger partial charge is 0.374 e. The van der Waals surface area contributed by atoms with Gasteiger partial charge in [0.15, 0.2) is 37.7 Å². The van der Waals surface area contributed by atoms with Crippen molar-refractivity contribution in [1.29, 1.82) is 0 Å². The molecular weight excluding hydrogens is 1630 g/mol. The van der Waals surface area contributed by atoms with Crippen LogP contribution in [-0.4, -0.2) is 167 Å². The average Bonchev–Trinajstić information content (AvgIpc) is 0.754. The summed E-state index contributed by atoms with van der Waals surface area (Å²) in [6.07, 6.45) is -18.1. The number of benzene rings is 9. The second-order valence-corrected chi connectivity index (χ2v) is 35.8. The molecule has 9 aromatic rings. The van der Waals surface area contributed by atoms with Crippen LogP contribution in [0.2, 0.25) is 0 Å². The third-order valence-corrected chi connectivity index (χ3v) is 26.7. The summed E-state index contributed by atoms with van der Waals surface area (Å²) >= 11 is 0. The zero-order valence-corrected chi connectivity index (χ0v) is 76.0. The fraction of sp³-hybridized carbons (Fsp3) is 0.500. The van der Waals surface area contributed by atoms with E-state index in [-0.39, 0.29) is 71.3 Å². The van der Waals surface area contributed by atoms with Crippen molar-refractivity contribution in [3.63, 3.8) is 0 Å². The van der Waals surface area contributed by atoms with Crippen LogP contribution in [0, 0.1) is 35.5 Å². The summed E-state index contributed by atoms with van der Waals surface area (Å²) < 4.78 is 158. The fourth-order valence-corrected chi connectivity index (χ4v) is 19.2. The van der Waals surface area contributed by atoms with Crippen molar-refractivity contribution in [2.75, 3.05) is 19.8 Å². The van der Waals surface area contributed by atoms with E-state index in [9.17, 15) is 0 Å². The first-order valence-electron chi connectivity index (χ1n) is 46.9. The van der Waals surface area contributed by atoms with Gasteiger partial charge in [-0.2, -0.15) is 0 Å². The van der Waals surface area contributed by atoms with E-state index in [0.717, 1.165) is 50.1 Å². The lowest BCUT2D eigenvalue weighted by molar-refractivity contribution is -0.400. The van der Waals surface area contributed by atoms with Crippen molar-refractivity contribution in [3.05, 3.63) is 323 Å². The highest BCUT2D eigenvalue weighted by Crippen LogP contribution is 2.47. The van der Waals surface area contributed by atoms with E-state index < -0.39 is 171 Å². The first-order chi connectivity index (χ1) is 63.3. The molecule has 0 amide bonds. The number of hydrogen-bond acceptors (Lipinski definition) is 21. The molecule has 19 heterocycles. The Morgan fingerprint density at radius 1 is 0.178 bits per heavy atom. The molecule has 30 atom stereocenters. The molecule has 19 fully saturated rings. The Balaban J connectivity index is 0.833. The SMILES string of the molecule is CCC1OC2OC3C(CC)OC(OC4C(CC)OC(OC5C(COCc6ccccc6)OC(OC6C(COCc7ccccc7)OC(OC7C(COCc8ccccc8)OC(OC1C(C)C2OCc1ccccc1)C(OCc1ccccc1)C7C)C(C)C6C)C(C)C5OCc1ccccc1)C(C)C4OCc1ccccc1)C(OCc1ccccc1)C3OCc1ccccc1. The van der Waals surface area contributed by atoms with Gasteiger partial charge in [-0.05, 0) is 75.3 Å². The zero-order chi connectivity index (χ0) is 88.8. The smallest absolute Gasteiger partial charge is 0.187 e. The second-order valence-electron chi connectivity index (χ2n) is 35.8. The predicted octanol–water partition coefficient (Wildman–Crippen LogP) is 18.9. The normalized spacial score (nSPS) is 33.8. The zero-order valence-electron chi connectivity index (χ0n) is 76.0. The van der Waals surface area contributed by atoms with Crippen molar-refractivity contribution in [2.45, 2.75) is 289 Å². The molecular formula is C108H132O21. The minimum Gasteiger partial charge on any atom is -0.374 e. The molecule has 12 bridgehead atoms. The maximum Gasteiger partial charge on any atom is 0.187 e. The summed E-state index contributed by atoms with van der Waals surface area (Å²) in [5.74, 6) is -2.50. The average molecular weight is 1770 g/mol. The molecule has 0 aromatic heterocycles. The van der Waals surface area contributed by atoms with Crippen LogP contribution in [0.5, 0.6) is 0 Å². The molecule has 21 nitrogen and oxygen atoms in total. The Hall–Kier alpha value is -7.86. The molecule has 0 spiro atoms. The summed E-state index contributed by atoms with van der Waals surface area (Å²) in [6.45, 7) is 21.8. The summed E-state index contributed by atoms with van der Waals surface area (Å²) in [6, 6.07) is 91.5. The minimum atomic E-state index is -1.12. The lowest BCUT2D eigenvalue weighted by Gasteiger charge is -2.53. The molecule has 28 rings (SSSR count). The molecule has 0 radical (unpaired) electrons. The minimum absolute atomic E-state index is 0.0785. The van der Waals surface area contributed by atoms with E-state index in [1.54, 1.807) is 0 Å². The van der Waals surface area contributed by atoms with E-state index in [2.05, 4.69) is 172 Å². The van der Waals surface area contributed by atoms with Gasteiger partial charge in [0.1, 0.15) is 61.0 Å². The maximum absolute atomic E-state index is 7.86. The molecule has 129 heavy (non-hydrogen) atoms. The van der Waals surface area contributed by atoms with Crippen LogP contribution in [-0.2, 0) is 159 Å². The van der Waals surface area contributed by atoms with E-state index in [1.807, 2.05) is 164 Å². The lowest BCUT2D eigenvalue weighted by atomic mass is 9.83. The van der Waals surface area contributed by atoms with Crippen LogP contribution in [0.15, 0.2) is 273 Å². The van der Waals surface area contributed by atoms with Crippen LogP contribution < -0.4 is 0 Å². The molecule has 19 aliphatic rings. The first-order valence-corrected chi connectivity index (χ1v) is 46.9. The van der Waals surface area contributed by atoms with Crippen molar-refractivity contribution < 1.29 is 99.5 Å². The number of ether oxygens (including phenoxy) is 21. The standard InChI is InChI=1S/C108H132O21/c1-10-85-92-72(6)96(114-63-81-50-32-18-33-51-81)106(119-85)129-99-87(12-3)120-108(102(117-66-84-56-38-21-39-57-84)101(99)116-65-83-54-36-20-37-55-83)128-98-86(11-2)118-104(74(8)94(98)112-61-79-46-28-16-29-47-79)127-100-90(69-111-60-78-44-26-15-27-45-78)122-105(75(9)95(100)113-62-80-48-30-17-31-49-80)124-91-70(4)71(5)103(121-88(91)67-109-58-76-40-22-13-23-41-76)125-93-73(7)97(115-64-82-52-34-19-35-53-82)107(126-92)123-89(93)68-110-59-77-42-24-14-25-43-77/h13-57,70-75,85-108H,10-12,58-69H2,1-9H3. The summed E-state index contributed by atoms with van der Waals surface area (Å²) in [4.78, 5) is 0. The molecule has 19 aliphatic heterocycles. The van der Waals surface area contributed by atoms with Gasteiger partial charge in [0, 0.05) is 29.6 Å². The van der Waals surface area contributed by atoms with Crippen LogP contribution in [0.4, 0.5) is 0 Å². The van der Waals surface area contributed by atoms with E-state index in [0.29, 0.717) is 39.1 Å². The van der Waals surface area contributed by atoms with Crippen molar-refractivity contribution in [2.24, 2.45) is 35.5 Å². The van der Waals surface area contributed by atoms with Crippen molar-refractivity contribution >= 4 is 0 Å². The summed E-state index contributed by atoms with van der Waals surface area (Å²) in [5, 5.41) is 0. The Morgan fingerprint density at radius 2 is 0.380 bits per heavy atom. The second kappa shape index (κ2) is 47.2. The summed E-state index contributed by atoms with van der Waals surface area (Å²) in [5.41, 5.74) is 8.78. The van der Waals surface area contributed by atoms with Gasteiger partial charge < -0.3 is 99.5 Å². The first kappa shape index (κ1) is 94.3. The third-order valence-electron chi connectivity index (χ3n) is 26.7. The topological polar surface area (TPSA) is 194 Å². The Labute approximate surface area is 762 Å². The molecule has 0 N–H and O–H groups in total. The van der Waals surface area contributed by atoms with Crippen LogP contribution in [0.3, 0.4) is 0 Å².